The van der Waals surface area contributed by atoms with Crippen LogP contribution in [0.4, 0.5) is 4.79 Å². The molecule has 1 fully saturated rings. The number of hydrogen-bond donors (Lipinski definition) is 0. The van der Waals surface area contributed by atoms with E-state index in [4.69, 9.17) is 14.2 Å². The zero-order valence-electron chi connectivity index (χ0n) is 20.9. The summed E-state index contributed by atoms with van der Waals surface area (Å²) in [6.07, 6.45) is 0.0766. The molecule has 0 saturated carbocycles. The van der Waals surface area contributed by atoms with Gasteiger partial charge in [-0.1, -0.05) is 82.7 Å². The number of piperidine rings is 1. The first-order chi connectivity index (χ1) is 18.1. The molecule has 1 heterocycles. The van der Waals surface area contributed by atoms with Crippen molar-refractivity contribution in [1.82, 2.24) is 4.90 Å². The van der Waals surface area contributed by atoms with Crippen LogP contribution in [0.3, 0.4) is 0 Å². The number of halogens is 1. The number of hydrogen-bond acceptors (Lipinski definition) is 5. The van der Waals surface area contributed by atoms with Crippen LogP contribution in [0.25, 0.3) is 0 Å². The lowest BCUT2D eigenvalue weighted by molar-refractivity contribution is -0.268. The van der Waals surface area contributed by atoms with Crippen LogP contribution in [-0.4, -0.2) is 43.4 Å². The van der Waals surface area contributed by atoms with Crippen molar-refractivity contribution in [1.29, 1.82) is 0 Å². The Hall–Kier alpha value is -2.87. The van der Waals surface area contributed by atoms with Crippen molar-refractivity contribution in [2.45, 2.75) is 43.4 Å². The van der Waals surface area contributed by atoms with Crippen molar-refractivity contribution >= 4 is 22.0 Å². The van der Waals surface area contributed by atoms with Gasteiger partial charge in [0.1, 0.15) is 11.8 Å². The first-order valence-electron chi connectivity index (χ1n) is 12.7. The van der Waals surface area contributed by atoms with Gasteiger partial charge in [-0.3, -0.25) is 0 Å². The molecule has 4 rings (SSSR count). The lowest BCUT2D eigenvalue weighted by atomic mass is 9.87. The molecular weight excluding hydrogens is 534 g/mol. The van der Waals surface area contributed by atoms with Crippen molar-refractivity contribution in [3.8, 4) is 5.75 Å². The second kappa shape index (κ2) is 14.2. The van der Waals surface area contributed by atoms with Crippen LogP contribution in [0, 0.1) is 0 Å². The molecule has 1 aliphatic heterocycles. The van der Waals surface area contributed by atoms with E-state index in [-0.39, 0.29) is 12.0 Å². The number of carbonyl (C=O) groups is 1. The number of nitrogens with zero attached hydrogens (tertiary/aromatic N) is 1. The maximum absolute atomic E-state index is 11.5. The van der Waals surface area contributed by atoms with Gasteiger partial charge >= 0.3 is 0 Å². The molecule has 0 bridgehead atoms. The highest BCUT2D eigenvalue weighted by Gasteiger charge is 2.31. The normalized spacial score (nSPS) is 17.5. The van der Waals surface area contributed by atoms with Gasteiger partial charge in [0.2, 0.25) is 0 Å². The molecular formula is C30H33BrNO5-. The molecule has 2 atom stereocenters. The Bertz CT molecular complexity index is 1110. The predicted molar refractivity (Wildman–Crippen MR) is 145 cm³/mol. The average molecular weight is 568 g/mol. The van der Waals surface area contributed by atoms with E-state index in [0.717, 1.165) is 28.6 Å². The van der Waals surface area contributed by atoms with Gasteiger partial charge in [-0.15, -0.1) is 0 Å². The standard InChI is InChI=1S/C30H34BrNO5/c31-19-25-9-4-5-10-26(25)22-37-29-20-32(30(33)34)16-15-28(29)24-11-13-27(14-12-24)36-18-6-17-35-21-23-7-2-1-3-8-23/h1-5,7-14,28-29H,6,15-22H2,(H,33,34)/p-1. The fourth-order valence-corrected chi connectivity index (χ4v) is 5.13. The molecule has 3 aromatic carbocycles. The Balaban J connectivity index is 1.29. The molecule has 196 valence electrons. The van der Waals surface area contributed by atoms with Gasteiger partial charge in [0, 0.05) is 30.8 Å². The summed E-state index contributed by atoms with van der Waals surface area (Å²) < 4.78 is 17.9. The van der Waals surface area contributed by atoms with Crippen LogP contribution >= 0.6 is 15.9 Å². The highest BCUT2D eigenvalue weighted by atomic mass is 79.9. The Labute approximate surface area is 227 Å². The number of amides is 1. The molecule has 0 radical (unpaired) electrons. The Morgan fingerprint density at radius 1 is 0.919 bits per heavy atom. The molecule has 1 saturated heterocycles. The topological polar surface area (TPSA) is 71.1 Å². The summed E-state index contributed by atoms with van der Waals surface area (Å²) in [6, 6.07) is 26.3. The molecule has 1 amide bonds. The molecule has 1 aliphatic rings. The number of rotatable bonds is 12. The lowest BCUT2D eigenvalue weighted by Gasteiger charge is -2.40. The minimum Gasteiger partial charge on any atom is -0.530 e. The summed E-state index contributed by atoms with van der Waals surface area (Å²) in [5, 5.41) is 12.3. The molecule has 7 heteroatoms. The van der Waals surface area contributed by atoms with Crippen molar-refractivity contribution in [3.05, 3.63) is 101 Å². The molecule has 6 nitrogen and oxygen atoms in total. The summed E-state index contributed by atoms with van der Waals surface area (Å²) in [5.41, 5.74) is 4.55. The molecule has 3 aromatic rings. The van der Waals surface area contributed by atoms with Gasteiger partial charge in [0.25, 0.3) is 0 Å². The van der Waals surface area contributed by atoms with E-state index in [1.807, 2.05) is 48.5 Å². The van der Waals surface area contributed by atoms with E-state index in [0.29, 0.717) is 45.9 Å². The molecule has 0 N–H and O–H groups in total. The molecule has 2 unspecified atom stereocenters. The van der Waals surface area contributed by atoms with Crippen LogP contribution in [0.15, 0.2) is 78.9 Å². The first kappa shape index (κ1) is 27.2. The summed E-state index contributed by atoms with van der Waals surface area (Å²) in [7, 11) is 0. The lowest BCUT2D eigenvalue weighted by Crippen LogP contribution is -2.51. The van der Waals surface area contributed by atoms with Gasteiger partial charge < -0.3 is 29.0 Å². The van der Waals surface area contributed by atoms with E-state index in [2.05, 4.69) is 46.3 Å². The largest absolute Gasteiger partial charge is 0.530 e. The number of ether oxygens (including phenoxy) is 3. The summed E-state index contributed by atoms with van der Waals surface area (Å²) in [6.45, 7) is 2.99. The summed E-state index contributed by atoms with van der Waals surface area (Å²) in [4.78, 5) is 12.9. The third-order valence-electron chi connectivity index (χ3n) is 6.65. The van der Waals surface area contributed by atoms with Gasteiger partial charge in [-0.05, 0) is 40.8 Å². The molecule has 0 aromatic heterocycles. The fraction of sp³-hybridized carbons (Fsp3) is 0.367. The number of likely N-dealkylation sites (tertiary alicyclic amines) is 1. The predicted octanol–water partition coefficient (Wildman–Crippen LogP) is 5.29. The van der Waals surface area contributed by atoms with E-state index < -0.39 is 6.09 Å². The maximum atomic E-state index is 11.5. The number of carbonyl (C=O) groups excluding carboxylic acids is 1. The van der Waals surface area contributed by atoms with Crippen LogP contribution in [0.2, 0.25) is 0 Å². The second-order valence-electron chi connectivity index (χ2n) is 9.17. The third-order valence-corrected chi connectivity index (χ3v) is 7.26. The van der Waals surface area contributed by atoms with Gasteiger partial charge in [0.15, 0.2) is 0 Å². The summed E-state index contributed by atoms with van der Waals surface area (Å²) >= 11 is 3.53. The minimum atomic E-state index is -1.15. The Morgan fingerprint density at radius 2 is 1.65 bits per heavy atom. The van der Waals surface area contributed by atoms with E-state index in [1.165, 1.54) is 16.0 Å². The molecule has 37 heavy (non-hydrogen) atoms. The molecule has 0 aliphatic carbocycles. The van der Waals surface area contributed by atoms with Gasteiger partial charge in [-0.2, -0.15) is 0 Å². The monoisotopic (exact) mass is 566 g/mol. The van der Waals surface area contributed by atoms with Crippen molar-refractivity contribution in [2.75, 3.05) is 26.3 Å². The smallest absolute Gasteiger partial charge is 0.137 e. The van der Waals surface area contributed by atoms with Crippen molar-refractivity contribution < 1.29 is 24.1 Å². The van der Waals surface area contributed by atoms with Crippen LogP contribution in [0.5, 0.6) is 5.75 Å². The van der Waals surface area contributed by atoms with Crippen LogP contribution < -0.4 is 9.84 Å². The molecule has 0 spiro atoms. The average Bonchev–Trinajstić information content (AvgIpc) is 2.94. The fourth-order valence-electron chi connectivity index (χ4n) is 4.58. The van der Waals surface area contributed by atoms with E-state index in [1.54, 1.807) is 0 Å². The van der Waals surface area contributed by atoms with Crippen molar-refractivity contribution in [2.24, 2.45) is 0 Å². The number of alkyl halides is 1. The zero-order chi connectivity index (χ0) is 25.9. The first-order valence-corrected chi connectivity index (χ1v) is 13.8. The van der Waals surface area contributed by atoms with Gasteiger partial charge in [0.05, 0.1) is 32.5 Å². The van der Waals surface area contributed by atoms with Gasteiger partial charge in [-0.25, -0.2) is 0 Å². The number of benzene rings is 3. The highest BCUT2D eigenvalue weighted by Crippen LogP contribution is 2.32. The SMILES string of the molecule is O=C([O-])N1CCC(c2ccc(OCCCOCc3ccccc3)cc2)C(OCc2ccccc2CBr)C1. The minimum absolute atomic E-state index is 0.0900. The van der Waals surface area contributed by atoms with Crippen LogP contribution in [-0.2, 0) is 28.0 Å². The zero-order valence-corrected chi connectivity index (χ0v) is 22.5. The third kappa shape index (κ3) is 8.06. The summed E-state index contributed by atoms with van der Waals surface area (Å²) in [5.74, 6) is 0.898. The number of carboxylic acid groups (broad SMARTS) is 1. The second-order valence-corrected chi connectivity index (χ2v) is 9.73. The Morgan fingerprint density at radius 3 is 2.38 bits per heavy atom. The van der Waals surface area contributed by atoms with E-state index in [9.17, 15) is 9.90 Å². The maximum Gasteiger partial charge on any atom is 0.137 e. The highest BCUT2D eigenvalue weighted by molar-refractivity contribution is 9.08. The van der Waals surface area contributed by atoms with Crippen LogP contribution in [0.1, 0.15) is 41.0 Å². The Kier molecular flexibility index (Phi) is 10.4. The van der Waals surface area contributed by atoms with E-state index >= 15 is 0 Å². The van der Waals surface area contributed by atoms with Crippen molar-refractivity contribution in [3.63, 3.8) is 0 Å². The quantitative estimate of drug-likeness (QED) is 0.220.